The van der Waals surface area contributed by atoms with Gasteiger partial charge in [-0.1, -0.05) is 19.9 Å². The number of rotatable bonds is 6. The van der Waals surface area contributed by atoms with Crippen LogP contribution in [0.25, 0.3) is 0 Å². The molecule has 0 amide bonds. The predicted octanol–water partition coefficient (Wildman–Crippen LogP) is 3.37. The summed E-state index contributed by atoms with van der Waals surface area (Å²) >= 11 is 0. The van der Waals surface area contributed by atoms with Crippen molar-refractivity contribution in [2.45, 2.75) is 46.1 Å². The predicted molar refractivity (Wildman–Crippen MR) is 78.9 cm³/mol. The molecular weight excluding hydrogens is 238 g/mol. The molecule has 0 aliphatic rings. The number of methoxy groups -OCH3 is 1. The Morgan fingerprint density at radius 1 is 1.32 bits per heavy atom. The SMILES string of the molecule is CNC(CC(C)=O)c1cc(C(C)C)c(OC)cc1C. The molecule has 106 valence electrons. The zero-order chi connectivity index (χ0) is 14.6. The third-order valence-electron chi connectivity index (χ3n) is 3.46. The summed E-state index contributed by atoms with van der Waals surface area (Å²) in [5.74, 6) is 1.51. The smallest absolute Gasteiger partial charge is 0.131 e. The Labute approximate surface area is 116 Å². The van der Waals surface area contributed by atoms with Crippen LogP contribution in [0.15, 0.2) is 12.1 Å². The maximum absolute atomic E-state index is 11.4. The van der Waals surface area contributed by atoms with Gasteiger partial charge in [-0.05, 0) is 49.6 Å². The Hall–Kier alpha value is -1.35. The first kappa shape index (κ1) is 15.7. The summed E-state index contributed by atoms with van der Waals surface area (Å²) in [4.78, 5) is 11.4. The van der Waals surface area contributed by atoms with E-state index in [1.165, 1.54) is 11.1 Å². The van der Waals surface area contributed by atoms with Crippen LogP contribution in [0.5, 0.6) is 5.75 Å². The normalized spacial score (nSPS) is 12.6. The van der Waals surface area contributed by atoms with E-state index in [1.807, 2.05) is 7.05 Å². The lowest BCUT2D eigenvalue weighted by Crippen LogP contribution is -2.20. The van der Waals surface area contributed by atoms with E-state index in [-0.39, 0.29) is 11.8 Å². The summed E-state index contributed by atoms with van der Waals surface area (Å²) in [5, 5.41) is 3.23. The van der Waals surface area contributed by atoms with Crippen LogP contribution in [0.4, 0.5) is 0 Å². The standard InChI is InChI=1S/C16H25NO2/c1-10(2)13-9-14(11(3)7-16(13)19-6)15(17-5)8-12(4)18/h7,9-10,15,17H,8H2,1-6H3. The minimum atomic E-state index is 0.0703. The molecule has 1 aromatic carbocycles. The molecule has 19 heavy (non-hydrogen) atoms. The Morgan fingerprint density at radius 3 is 2.37 bits per heavy atom. The van der Waals surface area contributed by atoms with Gasteiger partial charge in [0.15, 0.2) is 0 Å². The summed E-state index contributed by atoms with van der Waals surface area (Å²) in [6.45, 7) is 7.99. The molecule has 1 rings (SSSR count). The largest absolute Gasteiger partial charge is 0.496 e. The number of Topliss-reactive ketones (excluding diaryl/α,β-unsaturated/α-hetero) is 1. The quantitative estimate of drug-likeness (QED) is 0.855. The number of aryl methyl sites for hydroxylation is 1. The molecule has 1 atom stereocenters. The Balaban J connectivity index is 3.26. The maximum atomic E-state index is 11.4. The van der Waals surface area contributed by atoms with Crippen LogP contribution >= 0.6 is 0 Å². The summed E-state index contributed by atoms with van der Waals surface area (Å²) in [5.41, 5.74) is 3.52. The highest BCUT2D eigenvalue weighted by molar-refractivity contribution is 5.76. The fraction of sp³-hybridized carbons (Fsp3) is 0.562. The highest BCUT2D eigenvalue weighted by Gasteiger charge is 2.18. The van der Waals surface area contributed by atoms with E-state index in [2.05, 4.69) is 38.2 Å². The van der Waals surface area contributed by atoms with Crippen molar-refractivity contribution in [1.82, 2.24) is 5.32 Å². The average Bonchev–Trinajstić information content (AvgIpc) is 2.35. The number of ether oxygens (including phenoxy) is 1. The maximum Gasteiger partial charge on any atom is 0.131 e. The number of hydrogen-bond donors (Lipinski definition) is 1. The molecule has 1 unspecified atom stereocenters. The zero-order valence-corrected chi connectivity index (χ0v) is 12.8. The molecule has 0 spiro atoms. The third-order valence-corrected chi connectivity index (χ3v) is 3.46. The molecule has 0 fully saturated rings. The van der Waals surface area contributed by atoms with E-state index in [0.717, 1.165) is 11.3 Å². The van der Waals surface area contributed by atoms with Crippen molar-refractivity contribution >= 4 is 5.78 Å². The Morgan fingerprint density at radius 2 is 1.95 bits per heavy atom. The number of nitrogens with one attached hydrogen (secondary N) is 1. The van der Waals surface area contributed by atoms with E-state index in [9.17, 15) is 4.79 Å². The van der Waals surface area contributed by atoms with Crippen molar-refractivity contribution in [1.29, 1.82) is 0 Å². The van der Waals surface area contributed by atoms with Gasteiger partial charge in [0.25, 0.3) is 0 Å². The lowest BCUT2D eigenvalue weighted by molar-refractivity contribution is -0.117. The second-order valence-electron chi connectivity index (χ2n) is 5.35. The van der Waals surface area contributed by atoms with Crippen molar-refractivity contribution < 1.29 is 9.53 Å². The highest BCUT2D eigenvalue weighted by Crippen LogP contribution is 2.32. The molecule has 3 nitrogen and oxygen atoms in total. The van der Waals surface area contributed by atoms with Gasteiger partial charge in [-0.15, -0.1) is 0 Å². The van der Waals surface area contributed by atoms with Crippen LogP contribution in [-0.4, -0.2) is 19.9 Å². The summed E-state index contributed by atoms with van der Waals surface area (Å²) < 4.78 is 5.45. The van der Waals surface area contributed by atoms with Gasteiger partial charge < -0.3 is 10.1 Å². The number of ketones is 1. The second-order valence-corrected chi connectivity index (χ2v) is 5.35. The fourth-order valence-electron chi connectivity index (χ4n) is 2.37. The second kappa shape index (κ2) is 6.71. The van der Waals surface area contributed by atoms with E-state index in [4.69, 9.17) is 4.74 Å². The van der Waals surface area contributed by atoms with Gasteiger partial charge in [-0.25, -0.2) is 0 Å². The minimum Gasteiger partial charge on any atom is -0.496 e. The number of carbonyl (C=O) groups excluding carboxylic acids is 1. The molecule has 0 aliphatic heterocycles. The van der Waals surface area contributed by atoms with E-state index < -0.39 is 0 Å². The number of carbonyl (C=O) groups is 1. The van der Waals surface area contributed by atoms with Crippen molar-refractivity contribution in [2.24, 2.45) is 0 Å². The van der Waals surface area contributed by atoms with Crippen LogP contribution in [-0.2, 0) is 4.79 Å². The molecule has 3 heteroatoms. The average molecular weight is 263 g/mol. The van der Waals surface area contributed by atoms with Gasteiger partial charge in [-0.3, -0.25) is 4.79 Å². The van der Waals surface area contributed by atoms with Gasteiger partial charge >= 0.3 is 0 Å². The minimum absolute atomic E-state index is 0.0703. The van der Waals surface area contributed by atoms with Crippen molar-refractivity contribution in [3.63, 3.8) is 0 Å². The van der Waals surface area contributed by atoms with Gasteiger partial charge in [0.2, 0.25) is 0 Å². The van der Waals surface area contributed by atoms with Crippen molar-refractivity contribution in [3.8, 4) is 5.75 Å². The van der Waals surface area contributed by atoms with Crippen LogP contribution in [0, 0.1) is 6.92 Å². The van der Waals surface area contributed by atoms with Crippen LogP contribution in [0.3, 0.4) is 0 Å². The third kappa shape index (κ3) is 3.80. The van der Waals surface area contributed by atoms with E-state index in [0.29, 0.717) is 12.3 Å². The molecule has 0 heterocycles. The van der Waals surface area contributed by atoms with Crippen molar-refractivity contribution in [2.75, 3.05) is 14.2 Å². The van der Waals surface area contributed by atoms with Crippen LogP contribution in [0.1, 0.15) is 55.8 Å². The monoisotopic (exact) mass is 263 g/mol. The summed E-state index contributed by atoms with van der Waals surface area (Å²) in [6.07, 6.45) is 0.515. The summed E-state index contributed by atoms with van der Waals surface area (Å²) in [6, 6.07) is 4.30. The molecule has 0 aliphatic carbocycles. The molecule has 1 aromatic rings. The van der Waals surface area contributed by atoms with Crippen LogP contribution in [0.2, 0.25) is 0 Å². The Kier molecular flexibility index (Phi) is 5.55. The molecule has 1 N–H and O–H groups in total. The van der Waals surface area contributed by atoms with Crippen LogP contribution < -0.4 is 10.1 Å². The first-order valence-electron chi connectivity index (χ1n) is 6.75. The zero-order valence-electron chi connectivity index (χ0n) is 12.8. The molecule has 0 saturated heterocycles. The summed E-state index contributed by atoms with van der Waals surface area (Å²) in [7, 11) is 3.60. The lowest BCUT2D eigenvalue weighted by atomic mass is 9.91. The molecule has 0 saturated carbocycles. The molecule has 0 radical (unpaired) electrons. The van der Waals surface area contributed by atoms with Crippen molar-refractivity contribution in [3.05, 3.63) is 28.8 Å². The number of benzene rings is 1. The first-order chi connectivity index (χ1) is 8.90. The van der Waals surface area contributed by atoms with E-state index in [1.54, 1.807) is 14.0 Å². The topological polar surface area (TPSA) is 38.3 Å². The molecule has 0 bridgehead atoms. The Bertz CT molecular complexity index is 452. The highest BCUT2D eigenvalue weighted by atomic mass is 16.5. The van der Waals surface area contributed by atoms with Gasteiger partial charge in [-0.2, -0.15) is 0 Å². The van der Waals surface area contributed by atoms with Gasteiger partial charge in [0.1, 0.15) is 11.5 Å². The molecule has 0 aromatic heterocycles. The first-order valence-corrected chi connectivity index (χ1v) is 6.75. The van der Waals surface area contributed by atoms with Gasteiger partial charge in [0, 0.05) is 12.5 Å². The molecular formula is C16H25NO2. The lowest BCUT2D eigenvalue weighted by Gasteiger charge is -2.21. The fourth-order valence-corrected chi connectivity index (χ4v) is 2.37. The van der Waals surface area contributed by atoms with E-state index >= 15 is 0 Å². The van der Waals surface area contributed by atoms with Gasteiger partial charge in [0.05, 0.1) is 7.11 Å². The number of hydrogen-bond acceptors (Lipinski definition) is 3.